The number of carbonyl (C=O) groups excluding carboxylic acids is 8. The Morgan fingerprint density at radius 3 is 1.48 bits per heavy atom. The number of ether oxygens (including phenoxy) is 7. The van der Waals surface area contributed by atoms with Gasteiger partial charge in [0.05, 0.1) is 128 Å². The number of Topliss-reactive ketones (excluding diaryl/α,β-unsaturated/α-hetero) is 2. The van der Waals surface area contributed by atoms with Gasteiger partial charge in [0.2, 0.25) is 11.8 Å². The zero-order chi connectivity index (χ0) is 80.4. The quantitative estimate of drug-likeness (QED) is 0.0353. The number of fused-ring (bicyclic) bond motifs is 4. The number of hydrogen-bond donors (Lipinski definition) is 6. The predicted octanol–water partition coefficient (Wildman–Crippen LogP) is 10.6. The summed E-state index contributed by atoms with van der Waals surface area (Å²) >= 11 is 0. The maximum absolute atomic E-state index is 12.6. The van der Waals surface area contributed by atoms with E-state index in [2.05, 4.69) is 86.8 Å². The van der Waals surface area contributed by atoms with Crippen molar-refractivity contribution >= 4 is 47.0 Å². The largest absolute Gasteiger partial charge is 0.394 e. The number of amides is 6. The highest BCUT2D eigenvalue weighted by molar-refractivity contribution is 6.12. The van der Waals surface area contributed by atoms with Gasteiger partial charge < -0.3 is 64.2 Å². The van der Waals surface area contributed by atoms with E-state index in [0.29, 0.717) is 56.7 Å². The molecule has 7 rings (SSSR count). The average molecular weight is 1470 g/mol. The van der Waals surface area contributed by atoms with Gasteiger partial charge in [-0.3, -0.25) is 48.1 Å². The lowest BCUT2D eigenvalue weighted by molar-refractivity contribution is -0.198. The Kier molecular flexibility index (Phi) is 40.8. The summed E-state index contributed by atoms with van der Waals surface area (Å²) in [7, 11) is 0. The minimum absolute atomic E-state index is 0.00735. The standard InChI is InChI=1S/C17H27NO3.C15H23NO4.C10H15NO3.C9H18O2.C9H20O.C7H11NO3.2C6H14O2/c1-11(19)12-13(14(20)18-10-9-15(2,3)4)17(6)8-7-16(12,5)21-17;1-9(17)12-10-5-6-11(20-10)13(12)14(18)16-7-8-19-15(2,3)4;1-10(2,3)14-7-6-11-8(12)4-5-9(11)13;1-8(2,3)7-6-10-9(4,5)11-7;1-6-8(10-7-2)9(3,4)5;1-5(2)11-8-6(9)3-4-7(8)10;1-6(2,3)5(8)4-7;1-5(2)3-6(8)4-7/h7-8,12-13H,9-10H2,1-6H3,(H,18,20);5-6,10-13H,7-8H2,1-4H3,(H,16,18);4-5H,6-7H2,1-3H3;7H,6H2,1-5H3;8H,6-7H2,1-5H3;5H,3-4H2,1-2H3;5,7-8H,4H2,1-3H3;5-8H,3-4H2,1-2H3/t12-,13-,16?,17?;10?,11?,12-,13+;;;;;;/m01....../s1. The van der Waals surface area contributed by atoms with Crippen LogP contribution in [0.15, 0.2) is 36.5 Å². The number of nitrogens with zero attached hydrogens (tertiary/aromatic N) is 2. The van der Waals surface area contributed by atoms with Crippen molar-refractivity contribution in [2.75, 3.05) is 59.3 Å². The highest BCUT2D eigenvalue weighted by Gasteiger charge is 2.64. The van der Waals surface area contributed by atoms with E-state index in [4.69, 9.17) is 58.4 Å². The van der Waals surface area contributed by atoms with Crippen LogP contribution in [-0.4, -0.2) is 208 Å². The number of imide groups is 2. The van der Waals surface area contributed by atoms with E-state index in [1.807, 2.05) is 128 Å². The molecule has 7 aliphatic rings. The summed E-state index contributed by atoms with van der Waals surface area (Å²) in [6.07, 6.45) is 12.3. The number of aliphatic hydroxyl groups is 4. The van der Waals surface area contributed by atoms with E-state index in [1.165, 1.54) is 24.0 Å². The molecule has 0 aromatic carbocycles. The lowest BCUT2D eigenvalue weighted by Crippen LogP contribution is -2.48. The van der Waals surface area contributed by atoms with Crippen LogP contribution in [0.4, 0.5) is 0 Å². The van der Waals surface area contributed by atoms with E-state index in [1.54, 1.807) is 20.8 Å². The number of aliphatic hydroxyl groups excluding tert-OH is 4. The molecule has 0 aromatic heterocycles. The number of ketones is 2. The molecule has 0 saturated carbocycles. The zero-order valence-corrected chi connectivity index (χ0v) is 69.0. The van der Waals surface area contributed by atoms with Crippen LogP contribution < -0.4 is 10.6 Å². The number of hydroxylamine groups is 2. The van der Waals surface area contributed by atoms with Gasteiger partial charge in [-0.25, -0.2) is 0 Å². The number of nitrogens with one attached hydrogen (secondary N) is 2. The van der Waals surface area contributed by atoms with Crippen LogP contribution in [-0.2, 0) is 76.4 Å². The number of carbonyl (C=O) groups is 8. The van der Waals surface area contributed by atoms with Crippen LogP contribution in [0.1, 0.15) is 240 Å². The molecule has 6 N–H and O–H groups in total. The zero-order valence-electron chi connectivity index (χ0n) is 69.0. The Morgan fingerprint density at radius 1 is 0.650 bits per heavy atom. The maximum Gasteiger partial charge on any atom is 0.254 e. The van der Waals surface area contributed by atoms with Crippen molar-refractivity contribution < 1.29 is 96.8 Å². The summed E-state index contributed by atoms with van der Waals surface area (Å²) in [5, 5.41) is 41.2. The second kappa shape index (κ2) is 42.7. The van der Waals surface area contributed by atoms with Crippen LogP contribution >= 0.6 is 0 Å². The van der Waals surface area contributed by atoms with Crippen LogP contribution in [0.3, 0.4) is 0 Å². The van der Waals surface area contributed by atoms with Gasteiger partial charge >= 0.3 is 0 Å². The van der Waals surface area contributed by atoms with Crippen LogP contribution in [0.5, 0.6) is 0 Å². The fourth-order valence-electron chi connectivity index (χ4n) is 11.5. The normalized spacial score (nSPS) is 25.3. The molecule has 7 aliphatic heterocycles. The van der Waals surface area contributed by atoms with E-state index in [-0.39, 0.29) is 137 Å². The summed E-state index contributed by atoms with van der Waals surface area (Å²) in [6.45, 7) is 63.0. The molecule has 0 radical (unpaired) electrons. The lowest BCUT2D eigenvalue weighted by Gasteiger charge is -2.30. The molecule has 12 atom stereocenters. The van der Waals surface area contributed by atoms with E-state index < -0.39 is 41.2 Å². The van der Waals surface area contributed by atoms with Gasteiger partial charge in [0, 0.05) is 44.7 Å². The van der Waals surface area contributed by atoms with Gasteiger partial charge in [-0.15, -0.1) is 0 Å². The molecule has 4 fully saturated rings. The van der Waals surface area contributed by atoms with Gasteiger partial charge in [0.1, 0.15) is 11.6 Å². The third-order valence-corrected chi connectivity index (χ3v) is 17.1. The first-order valence-electron chi connectivity index (χ1n) is 36.9. The smallest absolute Gasteiger partial charge is 0.254 e. The van der Waals surface area contributed by atoms with Crippen molar-refractivity contribution in [3.8, 4) is 0 Å². The SMILES string of the molecule is CC(=O)[C@@H]1C2C=CC(O2)[C@@H]1C(=O)NCCOC(C)(C)C.CC(=O)[C@H]1[C@@H](C(=O)NCCC(C)(C)C)C2(C)C=CC1(C)O2.CC(C)(C)C(O)CO.CC(C)(C)OCCN1C(=O)C=CC1=O.CC(C)CC(O)CO.CC(C)ON1C(=O)CCC1=O.CC1(C)OCC(C(C)(C)C)O1.CCOC(CC)C(C)(C)C. The van der Waals surface area contributed by atoms with Gasteiger partial charge in [-0.1, -0.05) is 128 Å². The maximum atomic E-state index is 12.6. The highest BCUT2D eigenvalue weighted by Crippen LogP contribution is 2.53. The second-order valence-electron chi connectivity index (χ2n) is 35.1. The Morgan fingerprint density at radius 2 is 1.14 bits per heavy atom. The molecule has 24 heteroatoms. The second-order valence-corrected chi connectivity index (χ2v) is 35.1. The summed E-state index contributed by atoms with van der Waals surface area (Å²) < 4.78 is 39.3. The van der Waals surface area contributed by atoms with E-state index in [0.717, 1.165) is 31.1 Å². The van der Waals surface area contributed by atoms with Crippen molar-refractivity contribution in [2.45, 2.75) is 311 Å². The predicted molar refractivity (Wildman–Crippen MR) is 399 cm³/mol. The fraction of sp³-hybridized carbons (Fsp3) is 0.823. The summed E-state index contributed by atoms with van der Waals surface area (Å²) in [5.74, 6) is -2.66. The molecule has 103 heavy (non-hydrogen) atoms. The number of hydrogen-bond acceptors (Lipinski definition) is 20. The lowest BCUT2D eigenvalue weighted by atomic mass is 9.69. The summed E-state index contributed by atoms with van der Waals surface area (Å²) in [6, 6.07) is 0. The van der Waals surface area contributed by atoms with Crippen molar-refractivity contribution in [1.29, 1.82) is 0 Å². The fourth-order valence-corrected chi connectivity index (χ4v) is 11.5. The van der Waals surface area contributed by atoms with Crippen LogP contribution in [0, 0.1) is 51.2 Å². The molecule has 24 nitrogen and oxygen atoms in total. The average Bonchev–Trinajstić information content (AvgIpc) is 1.55. The van der Waals surface area contributed by atoms with E-state index in [9.17, 15) is 38.4 Å². The Hall–Kier alpha value is -4.70. The van der Waals surface area contributed by atoms with Gasteiger partial charge in [-0.2, -0.15) is 5.06 Å². The Balaban J connectivity index is 0.00000119. The van der Waals surface area contributed by atoms with Crippen molar-refractivity contribution in [3.05, 3.63) is 36.5 Å². The summed E-state index contributed by atoms with van der Waals surface area (Å²) in [4.78, 5) is 98.7. The highest BCUT2D eigenvalue weighted by atomic mass is 16.7. The molecule has 0 aliphatic carbocycles. The van der Waals surface area contributed by atoms with Gasteiger partial charge in [0.25, 0.3) is 23.6 Å². The molecular weight excluding hydrogens is 1320 g/mol. The van der Waals surface area contributed by atoms with Crippen molar-refractivity contribution in [1.82, 2.24) is 20.6 Å². The van der Waals surface area contributed by atoms with Crippen LogP contribution in [0.2, 0.25) is 0 Å². The first kappa shape index (κ1) is 98.3. The number of rotatable bonds is 21. The monoisotopic (exact) mass is 1470 g/mol. The third-order valence-electron chi connectivity index (χ3n) is 17.1. The molecular formula is C79H142N4O20. The van der Waals surface area contributed by atoms with Gasteiger partial charge in [-0.05, 0) is 151 Å². The molecule has 6 amide bonds. The molecule has 4 bridgehead atoms. The van der Waals surface area contributed by atoms with Crippen LogP contribution in [0.25, 0.3) is 0 Å². The molecule has 4 saturated heterocycles. The molecule has 0 spiro atoms. The minimum Gasteiger partial charge on any atom is -0.394 e. The molecule has 7 heterocycles. The Bertz CT molecular complexity index is 2700. The topological polar surface area (TPSA) is 322 Å². The molecule has 0 aromatic rings. The summed E-state index contributed by atoms with van der Waals surface area (Å²) in [5.41, 5.74) is -1.30. The molecule has 598 valence electrons. The van der Waals surface area contributed by atoms with Crippen molar-refractivity contribution in [3.63, 3.8) is 0 Å². The Labute approximate surface area is 619 Å². The first-order chi connectivity index (χ1) is 46.8. The third kappa shape index (κ3) is 36.6. The van der Waals surface area contributed by atoms with E-state index >= 15 is 0 Å². The van der Waals surface area contributed by atoms with Crippen molar-refractivity contribution in [2.24, 2.45) is 51.2 Å². The minimum atomic E-state index is -0.670. The first-order valence-corrected chi connectivity index (χ1v) is 36.9. The van der Waals surface area contributed by atoms with Gasteiger partial charge in [0.15, 0.2) is 5.79 Å². The molecule has 8 unspecified atom stereocenters.